The molecule has 0 aliphatic carbocycles. The maximum atomic E-state index is 5.91. The van der Waals surface area contributed by atoms with Gasteiger partial charge in [0.05, 0.1) is 0 Å². The Morgan fingerprint density at radius 3 is 2.27 bits per heavy atom. The van der Waals surface area contributed by atoms with Crippen molar-refractivity contribution in [2.24, 2.45) is 0 Å². The number of benzene rings is 1. The molecule has 0 unspecified atom stereocenters. The molecule has 0 aliphatic heterocycles. The molecular weight excluding hydrogens is 268 g/mol. The Morgan fingerprint density at radius 2 is 1.80 bits per heavy atom. The summed E-state index contributed by atoms with van der Waals surface area (Å²) in [6.45, 7) is 10.9. The van der Waals surface area contributed by atoms with E-state index in [0.29, 0.717) is 0 Å². The maximum absolute atomic E-state index is 5.91. The molecule has 0 saturated heterocycles. The lowest BCUT2D eigenvalue weighted by Gasteiger charge is -2.24. The van der Waals surface area contributed by atoms with Crippen molar-refractivity contribution in [1.82, 2.24) is 0 Å². The van der Waals surface area contributed by atoms with Crippen molar-refractivity contribution < 1.29 is 4.43 Å². The van der Waals surface area contributed by atoms with E-state index in [4.69, 9.17) is 4.43 Å². The summed E-state index contributed by atoms with van der Waals surface area (Å²) in [5.41, 5.74) is 1.39. The van der Waals surface area contributed by atoms with Crippen LogP contribution >= 0.6 is 15.9 Å². The van der Waals surface area contributed by atoms with Crippen LogP contribution in [0, 0.1) is 0 Å². The molecule has 0 bridgehead atoms. The number of rotatable bonds is 2. The lowest BCUT2D eigenvalue weighted by molar-refractivity contribution is 0.520. The minimum atomic E-state index is -0.697. The standard InChI is InChI=1S/C12H18BrOSi/c1-12(2,3)10-8-9(13)6-7-11(10)14-15(4)5/h6-8H,1-5H3. The van der Waals surface area contributed by atoms with Gasteiger partial charge >= 0.3 is 0 Å². The van der Waals surface area contributed by atoms with Crippen molar-refractivity contribution in [3.63, 3.8) is 0 Å². The monoisotopic (exact) mass is 285 g/mol. The van der Waals surface area contributed by atoms with Gasteiger partial charge in [0.25, 0.3) is 9.04 Å². The molecular formula is C12H18BrOSi. The quantitative estimate of drug-likeness (QED) is 0.733. The molecule has 0 fully saturated rings. The zero-order valence-corrected chi connectivity index (χ0v) is 12.6. The van der Waals surface area contributed by atoms with Crippen LogP contribution in [0.5, 0.6) is 5.75 Å². The van der Waals surface area contributed by atoms with E-state index in [0.717, 1.165) is 10.2 Å². The maximum Gasteiger partial charge on any atom is 0.274 e. The molecule has 1 aromatic carbocycles. The summed E-state index contributed by atoms with van der Waals surface area (Å²) < 4.78 is 7.02. The smallest absolute Gasteiger partial charge is 0.274 e. The summed E-state index contributed by atoms with van der Waals surface area (Å²) in [7, 11) is -0.697. The van der Waals surface area contributed by atoms with Gasteiger partial charge in [-0.15, -0.1) is 0 Å². The van der Waals surface area contributed by atoms with Gasteiger partial charge in [-0.05, 0) is 42.3 Å². The number of hydrogen-bond acceptors (Lipinski definition) is 1. The van der Waals surface area contributed by atoms with Gasteiger partial charge in [-0.3, -0.25) is 0 Å². The first kappa shape index (κ1) is 12.8. The summed E-state index contributed by atoms with van der Waals surface area (Å²) in [6, 6.07) is 6.25. The van der Waals surface area contributed by atoms with Crippen molar-refractivity contribution in [1.29, 1.82) is 0 Å². The van der Waals surface area contributed by atoms with Crippen molar-refractivity contribution in [3.8, 4) is 5.75 Å². The summed E-state index contributed by atoms with van der Waals surface area (Å²) in [5, 5.41) is 0. The molecule has 0 aromatic heterocycles. The summed E-state index contributed by atoms with van der Waals surface area (Å²) >= 11 is 3.51. The highest BCUT2D eigenvalue weighted by Crippen LogP contribution is 2.33. The molecule has 0 spiro atoms. The Kier molecular flexibility index (Phi) is 4.01. The Balaban J connectivity index is 3.15. The van der Waals surface area contributed by atoms with Gasteiger partial charge in [-0.2, -0.15) is 0 Å². The molecule has 0 N–H and O–H groups in total. The highest BCUT2D eigenvalue weighted by Gasteiger charge is 2.19. The molecule has 1 aromatic rings. The van der Waals surface area contributed by atoms with Crippen LogP contribution in [0.3, 0.4) is 0 Å². The zero-order chi connectivity index (χ0) is 11.6. The molecule has 1 radical (unpaired) electrons. The van der Waals surface area contributed by atoms with Crippen LogP contribution in [-0.4, -0.2) is 9.04 Å². The molecule has 0 atom stereocenters. The molecule has 1 nitrogen and oxygen atoms in total. The Bertz CT molecular complexity index is 342. The van der Waals surface area contributed by atoms with Gasteiger partial charge in [0.15, 0.2) is 0 Å². The van der Waals surface area contributed by atoms with E-state index < -0.39 is 9.04 Å². The van der Waals surface area contributed by atoms with Gasteiger partial charge in [0.1, 0.15) is 5.75 Å². The van der Waals surface area contributed by atoms with E-state index in [2.05, 4.69) is 61.9 Å². The van der Waals surface area contributed by atoms with Gasteiger partial charge in [0.2, 0.25) is 0 Å². The van der Waals surface area contributed by atoms with E-state index in [1.807, 2.05) is 6.07 Å². The van der Waals surface area contributed by atoms with E-state index in [1.54, 1.807) is 0 Å². The Morgan fingerprint density at radius 1 is 1.20 bits per heavy atom. The zero-order valence-electron chi connectivity index (χ0n) is 10.0. The van der Waals surface area contributed by atoms with Gasteiger partial charge in [0, 0.05) is 4.47 Å². The summed E-state index contributed by atoms with van der Waals surface area (Å²) in [6.07, 6.45) is 0. The van der Waals surface area contributed by atoms with Crippen LogP contribution in [0.25, 0.3) is 0 Å². The third-order valence-electron chi connectivity index (χ3n) is 2.06. The van der Waals surface area contributed by atoms with Gasteiger partial charge in [-0.1, -0.05) is 36.7 Å². The van der Waals surface area contributed by atoms with Crippen LogP contribution in [0.4, 0.5) is 0 Å². The highest BCUT2D eigenvalue weighted by atomic mass is 79.9. The first-order valence-corrected chi connectivity index (χ1v) is 8.29. The molecule has 3 heteroatoms. The molecule has 0 aliphatic rings. The van der Waals surface area contributed by atoms with Crippen molar-refractivity contribution in [3.05, 3.63) is 28.2 Å². The van der Waals surface area contributed by atoms with Crippen molar-refractivity contribution in [2.75, 3.05) is 0 Å². The van der Waals surface area contributed by atoms with Crippen LogP contribution in [0.1, 0.15) is 26.3 Å². The number of hydrogen-bond donors (Lipinski definition) is 0. The van der Waals surface area contributed by atoms with Gasteiger partial charge in [-0.25, -0.2) is 0 Å². The van der Waals surface area contributed by atoms with E-state index in [9.17, 15) is 0 Å². The van der Waals surface area contributed by atoms with Crippen molar-refractivity contribution >= 4 is 25.0 Å². The fourth-order valence-corrected chi connectivity index (χ4v) is 2.38. The Labute approximate surface area is 103 Å². The normalized spacial score (nSPS) is 11.9. The molecule has 0 saturated carbocycles. The molecule has 83 valence electrons. The van der Waals surface area contributed by atoms with E-state index >= 15 is 0 Å². The first-order valence-electron chi connectivity index (χ1n) is 5.09. The summed E-state index contributed by atoms with van der Waals surface area (Å²) in [4.78, 5) is 0. The molecule has 15 heavy (non-hydrogen) atoms. The molecule has 0 heterocycles. The minimum absolute atomic E-state index is 0.121. The average Bonchev–Trinajstić information content (AvgIpc) is 2.05. The summed E-state index contributed by atoms with van der Waals surface area (Å²) in [5.74, 6) is 1.03. The lowest BCUT2D eigenvalue weighted by Crippen LogP contribution is -2.18. The highest BCUT2D eigenvalue weighted by molar-refractivity contribution is 9.10. The SMILES string of the molecule is C[Si](C)Oc1ccc(Br)cc1C(C)(C)C. The topological polar surface area (TPSA) is 9.23 Å². The van der Waals surface area contributed by atoms with Crippen LogP contribution in [0.15, 0.2) is 22.7 Å². The predicted octanol–water partition coefficient (Wildman–Crippen LogP) is 4.38. The largest absolute Gasteiger partial charge is 0.542 e. The number of halogens is 1. The average molecular weight is 286 g/mol. The van der Waals surface area contributed by atoms with E-state index in [-0.39, 0.29) is 5.41 Å². The molecule has 1 rings (SSSR count). The molecule has 0 amide bonds. The van der Waals surface area contributed by atoms with Crippen LogP contribution in [0.2, 0.25) is 13.1 Å². The third-order valence-corrected chi connectivity index (χ3v) is 3.19. The third kappa shape index (κ3) is 3.65. The second-order valence-electron chi connectivity index (χ2n) is 4.90. The van der Waals surface area contributed by atoms with Crippen LogP contribution in [-0.2, 0) is 5.41 Å². The fourth-order valence-electron chi connectivity index (χ4n) is 1.40. The second kappa shape index (κ2) is 4.70. The lowest BCUT2D eigenvalue weighted by atomic mass is 9.86. The van der Waals surface area contributed by atoms with Gasteiger partial charge < -0.3 is 4.43 Å². The van der Waals surface area contributed by atoms with E-state index in [1.165, 1.54) is 5.56 Å². The van der Waals surface area contributed by atoms with Crippen LogP contribution < -0.4 is 4.43 Å². The fraction of sp³-hybridized carbons (Fsp3) is 0.500. The first-order chi connectivity index (χ1) is 6.80. The van der Waals surface area contributed by atoms with Crippen molar-refractivity contribution in [2.45, 2.75) is 39.3 Å². The second-order valence-corrected chi connectivity index (χ2v) is 7.84. The predicted molar refractivity (Wildman–Crippen MR) is 71.0 cm³/mol. The minimum Gasteiger partial charge on any atom is -0.542 e. The Hall–Kier alpha value is -0.283.